The highest BCUT2D eigenvalue weighted by molar-refractivity contribution is 6.25. The van der Waals surface area contributed by atoms with Crippen molar-refractivity contribution in [2.45, 2.75) is 0 Å². The van der Waals surface area contributed by atoms with Gasteiger partial charge in [0.2, 0.25) is 0 Å². The molecule has 7 aromatic carbocycles. The highest BCUT2D eigenvalue weighted by Gasteiger charge is 2.15. The van der Waals surface area contributed by atoms with Gasteiger partial charge >= 0.3 is 0 Å². The maximum Gasteiger partial charge on any atom is 0.281 e. The molecule has 0 atom stereocenters. The van der Waals surface area contributed by atoms with E-state index in [0.717, 1.165) is 27.8 Å². The van der Waals surface area contributed by atoms with E-state index < -0.39 is 0 Å². The van der Waals surface area contributed by atoms with Gasteiger partial charge in [0.1, 0.15) is 5.65 Å². The summed E-state index contributed by atoms with van der Waals surface area (Å²) in [4.78, 5) is 32.5. The molecular weight excluding hydrogens is 627 g/mol. The van der Waals surface area contributed by atoms with Gasteiger partial charge in [-0.25, -0.2) is 15.0 Å². The summed E-state index contributed by atoms with van der Waals surface area (Å²) in [6, 6.07) is 53.3. The summed E-state index contributed by atoms with van der Waals surface area (Å²) in [5.41, 5.74) is 5.62. The molecule has 6 heteroatoms. The van der Waals surface area contributed by atoms with Crippen LogP contribution in [0.3, 0.4) is 0 Å². The second-order valence-corrected chi connectivity index (χ2v) is 12.7. The molecule has 6 nitrogen and oxygen atoms in total. The molecule has 3 aromatic heterocycles. The summed E-state index contributed by atoms with van der Waals surface area (Å²) >= 11 is 0. The van der Waals surface area contributed by atoms with Gasteiger partial charge in [-0.2, -0.15) is 4.98 Å². The van der Waals surface area contributed by atoms with Gasteiger partial charge in [0.25, 0.3) is 5.56 Å². The molecule has 0 aliphatic heterocycles. The maximum absolute atomic E-state index is 13.5. The molecule has 3 heterocycles. The fourth-order valence-corrected chi connectivity index (χ4v) is 7.19. The first-order valence-electron chi connectivity index (χ1n) is 16.8. The van der Waals surface area contributed by atoms with E-state index in [-0.39, 0.29) is 5.56 Å². The third-order valence-corrected chi connectivity index (χ3v) is 9.66. The number of pyridine rings is 1. The van der Waals surface area contributed by atoms with Crippen LogP contribution in [-0.4, -0.2) is 24.3 Å². The van der Waals surface area contributed by atoms with Crippen LogP contribution in [0.1, 0.15) is 0 Å². The maximum atomic E-state index is 13.5. The molecule has 0 saturated heterocycles. The summed E-state index contributed by atoms with van der Waals surface area (Å²) < 4.78 is 2.00. The first-order valence-corrected chi connectivity index (χ1v) is 16.8. The Morgan fingerprint density at radius 1 is 0.353 bits per heavy atom. The third kappa shape index (κ3) is 4.84. The van der Waals surface area contributed by atoms with Crippen LogP contribution in [0.15, 0.2) is 169 Å². The molecule has 0 amide bonds. The van der Waals surface area contributed by atoms with Gasteiger partial charge in [0.15, 0.2) is 17.5 Å². The normalized spacial score (nSPS) is 11.6. The lowest BCUT2D eigenvalue weighted by molar-refractivity contribution is 1.07. The van der Waals surface area contributed by atoms with E-state index in [1.807, 2.05) is 95.4 Å². The van der Waals surface area contributed by atoms with Crippen LogP contribution in [0, 0.1) is 0 Å². The second-order valence-electron chi connectivity index (χ2n) is 12.7. The topological polar surface area (TPSA) is 73.0 Å². The van der Waals surface area contributed by atoms with E-state index in [2.05, 4.69) is 77.9 Å². The predicted molar refractivity (Wildman–Crippen MR) is 207 cm³/mol. The van der Waals surface area contributed by atoms with Crippen LogP contribution in [0.2, 0.25) is 0 Å². The molecule has 0 aliphatic carbocycles. The third-order valence-electron chi connectivity index (χ3n) is 9.66. The summed E-state index contributed by atoms with van der Waals surface area (Å²) in [6.07, 6.45) is 2.07. The number of fused-ring (bicyclic) bond motifs is 9. The van der Waals surface area contributed by atoms with Crippen molar-refractivity contribution in [2.75, 3.05) is 0 Å². The smallest absolute Gasteiger partial charge is 0.281 e. The van der Waals surface area contributed by atoms with Crippen molar-refractivity contribution >= 4 is 48.9 Å². The van der Waals surface area contributed by atoms with E-state index >= 15 is 0 Å². The molecule has 0 fully saturated rings. The fourth-order valence-electron chi connectivity index (χ4n) is 7.19. The van der Waals surface area contributed by atoms with Crippen LogP contribution >= 0.6 is 0 Å². The van der Waals surface area contributed by atoms with Crippen molar-refractivity contribution in [3.8, 4) is 45.3 Å². The van der Waals surface area contributed by atoms with Crippen molar-refractivity contribution in [3.63, 3.8) is 0 Å². The minimum Gasteiger partial charge on any atom is -0.300 e. The molecule has 0 spiro atoms. The van der Waals surface area contributed by atoms with E-state index in [0.29, 0.717) is 34.1 Å². The number of hydrogen-bond acceptors (Lipinski definition) is 5. The molecule has 51 heavy (non-hydrogen) atoms. The van der Waals surface area contributed by atoms with Crippen molar-refractivity contribution in [3.05, 3.63) is 174 Å². The fraction of sp³-hybridized carbons (Fsp3) is 0. The molecule has 238 valence electrons. The number of benzene rings is 7. The lowest BCUT2D eigenvalue weighted by atomic mass is 9.92. The average molecular weight is 654 g/mol. The zero-order chi connectivity index (χ0) is 33.9. The standard InChI is InChI=1S/C45H27N5O/c51-45-39-26-31(44-48-42(28-11-3-1-4-12-28)47-43(49-44)29-13-5-2-6-14-29)20-23-40(39)50-27-32(21-24-41(50)46-45)30-19-22-37-35-17-8-7-15-33(35)34-16-9-10-18-36(34)38(37)25-30/h1-27H. The predicted octanol–water partition coefficient (Wildman–Crippen LogP) is 10.2. The minimum atomic E-state index is -0.302. The van der Waals surface area contributed by atoms with E-state index in [9.17, 15) is 4.79 Å². The van der Waals surface area contributed by atoms with Crippen LogP contribution in [-0.2, 0) is 0 Å². The molecular formula is C45H27N5O. The first kappa shape index (κ1) is 28.9. The zero-order valence-corrected chi connectivity index (χ0v) is 27.2. The van der Waals surface area contributed by atoms with E-state index in [4.69, 9.17) is 15.0 Å². The number of aromatic nitrogens is 5. The molecule has 0 bridgehead atoms. The quantitative estimate of drug-likeness (QED) is 0.177. The molecule has 0 N–H and O–H groups in total. The first-order chi connectivity index (χ1) is 25.2. The summed E-state index contributed by atoms with van der Waals surface area (Å²) in [7, 11) is 0. The van der Waals surface area contributed by atoms with E-state index in [1.54, 1.807) is 0 Å². The van der Waals surface area contributed by atoms with Crippen molar-refractivity contribution < 1.29 is 0 Å². The molecule has 0 radical (unpaired) electrons. The van der Waals surface area contributed by atoms with Gasteiger partial charge in [0, 0.05) is 22.9 Å². The summed E-state index contributed by atoms with van der Waals surface area (Å²) in [5, 5.41) is 7.87. The van der Waals surface area contributed by atoms with E-state index in [1.165, 1.54) is 32.3 Å². The van der Waals surface area contributed by atoms with Crippen LogP contribution in [0.5, 0.6) is 0 Å². The SMILES string of the molecule is O=c1nc2ccc(-c3ccc4c5ccccc5c5ccccc5c4c3)cn2c2ccc(-c3nc(-c4ccccc4)nc(-c4ccccc4)n3)cc12. The Hall–Kier alpha value is -7.05. The largest absolute Gasteiger partial charge is 0.300 e. The average Bonchev–Trinajstić information content (AvgIpc) is 3.21. The van der Waals surface area contributed by atoms with Gasteiger partial charge < -0.3 is 4.40 Å². The Bertz CT molecular complexity index is 2950. The number of rotatable bonds is 4. The van der Waals surface area contributed by atoms with Gasteiger partial charge in [-0.1, -0.05) is 121 Å². The zero-order valence-electron chi connectivity index (χ0n) is 27.2. The monoisotopic (exact) mass is 653 g/mol. The molecule has 0 unspecified atom stereocenters. The Morgan fingerprint density at radius 2 is 0.824 bits per heavy atom. The van der Waals surface area contributed by atoms with Crippen LogP contribution < -0.4 is 5.56 Å². The number of nitrogens with zero attached hydrogens (tertiary/aromatic N) is 5. The lowest BCUT2D eigenvalue weighted by Gasteiger charge is -2.13. The Labute approximate surface area is 292 Å². The molecule has 0 aliphatic rings. The molecule has 0 saturated carbocycles. The van der Waals surface area contributed by atoms with Gasteiger partial charge in [-0.15, -0.1) is 0 Å². The second kappa shape index (κ2) is 11.5. The van der Waals surface area contributed by atoms with Gasteiger partial charge in [0.05, 0.1) is 10.9 Å². The van der Waals surface area contributed by atoms with Gasteiger partial charge in [-0.3, -0.25) is 4.79 Å². The Morgan fingerprint density at radius 3 is 1.43 bits per heavy atom. The summed E-state index contributed by atoms with van der Waals surface area (Å²) in [6.45, 7) is 0. The molecule has 10 rings (SSSR count). The minimum absolute atomic E-state index is 0.302. The van der Waals surface area contributed by atoms with Crippen LogP contribution in [0.25, 0.3) is 94.2 Å². The Kier molecular flexibility index (Phi) is 6.54. The number of hydrogen-bond donors (Lipinski definition) is 0. The van der Waals surface area contributed by atoms with Crippen molar-refractivity contribution in [2.24, 2.45) is 0 Å². The highest BCUT2D eigenvalue weighted by atomic mass is 16.1. The Balaban J connectivity index is 1.13. The molecule has 10 aromatic rings. The van der Waals surface area contributed by atoms with Crippen LogP contribution in [0.4, 0.5) is 0 Å². The van der Waals surface area contributed by atoms with Gasteiger partial charge in [-0.05, 0) is 79.8 Å². The highest BCUT2D eigenvalue weighted by Crippen LogP contribution is 2.37. The van der Waals surface area contributed by atoms with Crippen molar-refractivity contribution in [1.29, 1.82) is 0 Å². The van der Waals surface area contributed by atoms with Crippen molar-refractivity contribution in [1.82, 2.24) is 24.3 Å². The summed E-state index contributed by atoms with van der Waals surface area (Å²) in [5.74, 6) is 1.61. The lowest BCUT2D eigenvalue weighted by Crippen LogP contribution is -2.11.